The summed E-state index contributed by atoms with van der Waals surface area (Å²) in [6.07, 6.45) is 0. The fourth-order valence-electron chi connectivity index (χ4n) is 9.40. The minimum atomic E-state index is 1.15. The van der Waals surface area contributed by atoms with E-state index in [1.54, 1.807) is 0 Å². The Balaban J connectivity index is 0.932. The average Bonchev–Trinajstić information content (AvgIpc) is 3.81. The molecule has 0 aliphatic carbocycles. The van der Waals surface area contributed by atoms with Gasteiger partial charge in [0.1, 0.15) is 0 Å². The molecule has 0 unspecified atom stereocenters. The first-order valence-corrected chi connectivity index (χ1v) is 20.0. The maximum Gasteiger partial charge on any atom is 0.0541 e. The van der Waals surface area contributed by atoms with Crippen LogP contribution in [0.15, 0.2) is 218 Å². The lowest BCUT2D eigenvalue weighted by Gasteiger charge is -2.14. The molecular formula is C56H36N2. The van der Waals surface area contributed by atoms with Crippen LogP contribution in [0.5, 0.6) is 0 Å². The van der Waals surface area contributed by atoms with E-state index in [0.29, 0.717) is 0 Å². The van der Waals surface area contributed by atoms with Gasteiger partial charge in [-0.15, -0.1) is 0 Å². The summed E-state index contributed by atoms with van der Waals surface area (Å²) in [6.45, 7) is 0. The van der Waals surface area contributed by atoms with Gasteiger partial charge in [0, 0.05) is 32.9 Å². The van der Waals surface area contributed by atoms with Crippen LogP contribution in [0.2, 0.25) is 0 Å². The number of hydrogen-bond donors (Lipinski definition) is 0. The zero-order valence-electron chi connectivity index (χ0n) is 31.7. The fourth-order valence-corrected chi connectivity index (χ4v) is 9.40. The number of fused-ring (bicyclic) bond motifs is 9. The molecule has 0 atom stereocenters. The molecule has 12 aromatic rings. The third-order valence-corrected chi connectivity index (χ3v) is 12.1. The molecule has 0 aliphatic heterocycles. The highest BCUT2D eigenvalue weighted by Gasteiger charge is 2.16. The first-order chi connectivity index (χ1) is 28.8. The van der Waals surface area contributed by atoms with Crippen LogP contribution >= 0.6 is 0 Å². The molecule has 0 saturated carbocycles. The van der Waals surface area contributed by atoms with Crippen molar-refractivity contribution in [1.82, 2.24) is 9.13 Å². The molecule has 0 aliphatic rings. The van der Waals surface area contributed by atoms with Gasteiger partial charge in [-0.3, -0.25) is 0 Å². The second kappa shape index (κ2) is 12.9. The molecular weight excluding hydrogens is 701 g/mol. The van der Waals surface area contributed by atoms with Crippen molar-refractivity contribution < 1.29 is 0 Å². The zero-order chi connectivity index (χ0) is 38.2. The Morgan fingerprint density at radius 1 is 0.224 bits per heavy atom. The zero-order valence-corrected chi connectivity index (χ0v) is 31.7. The lowest BCUT2D eigenvalue weighted by Crippen LogP contribution is -1.94. The molecule has 12 rings (SSSR count). The van der Waals surface area contributed by atoms with Crippen molar-refractivity contribution in [3.05, 3.63) is 218 Å². The Kier molecular flexibility index (Phi) is 7.26. The van der Waals surface area contributed by atoms with Crippen molar-refractivity contribution in [3.63, 3.8) is 0 Å². The van der Waals surface area contributed by atoms with E-state index in [9.17, 15) is 0 Å². The van der Waals surface area contributed by atoms with Gasteiger partial charge in [-0.2, -0.15) is 0 Å². The van der Waals surface area contributed by atoms with E-state index in [0.717, 1.165) is 5.69 Å². The Morgan fingerprint density at radius 2 is 0.690 bits per heavy atom. The lowest BCUT2D eigenvalue weighted by molar-refractivity contribution is 1.18. The molecule has 0 amide bonds. The van der Waals surface area contributed by atoms with E-state index >= 15 is 0 Å². The molecule has 2 nitrogen and oxygen atoms in total. The van der Waals surface area contributed by atoms with Crippen molar-refractivity contribution in [1.29, 1.82) is 0 Å². The number of aromatic nitrogens is 2. The summed E-state index contributed by atoms with van der Waals surface area (Å²) in [5.74, 6) is 0. The topological polar surface area (TPSA) is 9.86 Å². The summed E-state index contributed by atoms with van der Waals surface area (Å²) < 4.78 is 4.79. The van der Waals surface area contributed by atoms with Crippen molar-refractivity contribution in [2.45, 2.75) is 0 Å². The monoisotopic (exact) mass is 736 g/mol. The highest BCUT2D eigenvalue weighted by molar-refractivity contribution is 6.15. The highest BCUT2D eigenvalue weighted by Crippen LogP contribution is 2.40. The third kappa shape index (κ3) is 5.05. The summed E-state index contributed by atoms with van der Waals surface area (Å²) in [6, 6.07) is 79.9. The molecule has 2 aromatic heterocycles. The minimum absolute atomic E-state index is 1.15. The van der Waals surface area contributed by atoms with E-state index in [4.69, 9.17) is 0 Å². The van der Waals surface area contributed by atoms with Crippen LogP contribution in [0.4, 0.5) is 0 Å². The van der Waals surface area contributed by atoms with Crippen LogP contribution in [-0.4, -0.2) is 9.13 Å². The van der Waals surface area contributed by atoms with Gasteiger partial charge in [-0.1, -0.05) is 152 Å². The van der Waals surface area contributed by atoms with Gasteiger partial charge in [0.05, 0.1) is 22.1 Å². The third-order valence-electron chi connectivity index (χ3n) is 12.1. The van der Waals surface area contributed by atoms with Crippen molar-refractivity contribution in [2.75, 3.05) is 0 Å². The minimum Gasteiger partial charge on any atom is -0.309 e. The van der Waals surface area contributed by atoms with E-state index in [2.05, 4.69) is 228 Å². The molecule has 270 valence electrons. The lowest BCUT2D eigenvalue weighted by atomic mass is 9.93. The van der Waals surface area contributed by atoms with Crippen LogP contribution < -0.4 is 0 Å². The molecule has 0 bridgehead atoms. The van der Waals surface area contributed by atoms with Crippen molar-refractivity contribution >= 4 is 65.2 Å². The average molecular weight is 737 g/mol. The standard InChI is InChI=1S/C56H36N2/c1-2-15-43(16-3-1)57-53-23-10-8-21-48(53)51-34-39(29-31-55(51)57)37-25-27-38(28-26-37)40-30-32-56-52(35-40)49-22-9-11-24-54(49)58(56)44-17-12-14-41(33-44)50-36-42-13-4-5-18-45(42)46-19-6-7-20-47(46)50/h1-36H. The van der Waals surface area contributed by atoms with Crippen LogP contribution in [0, 0.1) is 0 Å². The van der Waals surface area contributed by atoms with Crippen molar-refractivity contribution in [3.8, 4) is 44.8 Å². The number of rotatable bonds is 5. The van der Waals surface area contributed by atoms with Gasteiger partial charge in [0.2, 0.25) is 0 Å². The van der Waals surface area contributed by atoms with Gasteiger partial charge >= 0.3 is 0 Å². The predicted octanol–water partition coefficient (Wildman–Crippen LogP) is 15.2. The summed E-state index contributed by atoms with van der Waals surface area (Å²) in [4.78, 5) is 0. The maximum atomic E-state index is 2.43. The smallest absolute Gasteiger partial charge is 0.0541 e. The van der Waals surface area contributed by atoms with E-state index in [1.807, 2.05) is 0 Å². The van der Waals surface area contributed by atoms with Gasteiger partial charge in [0.15, 0.2) is 0 Å². The largest absolute Gasteiger partial charge is 0.309 e. The first-order valence-electron chi connectivity index (χ1n) is 20.0. The molecule has 2 heteroatoms. The molecule has 10 aromatic carbocycles. The first kappa shape index (κ1) is 32.6. The summed E-state index contributed by atoms with van der Waals surface area (Å²) >= 11 is 0. The molecule has 0 radical (unpaired) electrons. The van der Waals surface area contributed by atoms with Gasteiger partial charge < -0.3 is 9.13 Å². The normalized spacial score (nSPS) is 11.8. The molecule has 0 saturated heterocycles. The van der Waals surface area contributed by atoms with Crippen molar-refractivity contribution in [2.24, 2.45) is 0 Å². The molecule has 0 fully saturated rings. The predicted molar refractivity (Wildman–Crippen MR) is 246 cm³/mol. The molecule has 0 spiro atoms. The van der Waals surface area contributed by atoms with Crippen LogP contribution in [0.1, 0.15) is 0 Å². The van der Waals surface area contributed by atoms with Gasteiger partial charge in [-0.25, -0.2) is 0 Å². The second-order valence-corrected chi connectivity index (χ2v) is 15.3. The summed E-state index contributed by atoms with van der Waals surface area (Å²) in [5, 5.41) is 10.1. The Hall–Kier alpha value is -7.68. The van der Waals surface area contributed by atoms with Crippen LogP contribution in [-0.2, 0) is 0 Å². The summed E-state index contributed by atoms with van der Waals surface area (Å²) in [7, 11) is 0. The second-order valence-electron chi connectivity index (χ2n) is 15.3. The molecule has 0 N–H and O–H groups in total. The maximum absolute atomic E-state index is 2.43. The van der Waals surface area contributed by atoms with E-state index in [-0.39, 0.29) is 0 Å². The SMILES string of the molecule is c1ccc(-n2c3ccccc3c3cc(-c4ccc(-c5ccc6c(c5)c5ccccc5n6-c5cccc(-c6cc7ccccc7c7ccccc67)c5)cc4)ccc32)cc1. The fraction of sp³-hybridized carbons (Fsp3) is 0. The van der Waals surface area contributed by atoms with Gasteiger partial charge in [0.25, 0.3) is 0 Å². The quantitative estimate of drug-likeness (QED) is 0.156. The number of hydrogen-bond acceptors (Lipinski definition) is 0. The summed E-state index contributed by atoms with van der Waals surface area (Å²) in [5.41, 5.74) is 14.5. The molecule has 2 heterocycles. The van der Waals surface area contributed by atoms with Crippen LogP contribution in [0.25, 0.3) is 110 Å². The van der Waals surface area contributed by atoms with Gasteiger partial charge in [-0.05, 0) is 122 Å². The number of para-hydroxylation sites is 3. The van der Waals surface area contributed by atoms with E-state index < -0.39 is 0 Å². The highest BCUT2D eigenvalue weighted by atomic mass is 15.0. The Labute approximate surface area is 336 Å². The number of nitrogens with zero attached hydrogens (tertiary/aromatic N) is 2. The Morgan fingerprint density at radius 3 is 1.33 bits per heavy atom. The van der Waals surface area contributed by atoms with Crippen LogP contribution in [0.3, 0.4) is 0 Å². The molecule has 58 heavy (non-hydrogen) atoms. The number of benzene rings is 10. The van der Waals surface area contributed by atoms with E-state index in [1.165, 1.54) is 104 Å². The Bertz CT molecular complexity index is 3550.